The summed E-state index contributed by atoms with van der Waals surface area (Å²) >= 11 is 0. The summed E-state index contributed by atoms with van der Waals surface area (Å²) in [5.74, 6) is 1.06. The fourth-order valence-electron chi connectivity index (χ4n) is 5.32. The SMILES string of the molecule is CC1CN(C(=O)c2ccc(CNC(=O)C3C4CCC(C4)C3N)cc2)CC(C)O1.Cl. The van der Waals surface area contributed by atoms with Crippen molar-refractivity contribution in [3.05, 3.63) is 35.4 Å². The molecule has 2 saturated carbocycles. The summed E-state index contributed by atoms with van der Waals surface area (Å²) in [7, 11) is 0. The highest BCUT2D eigenvalue weighted by atomic mass is 35.5. The van der Waals surface area contributed by atoms with Crippen LogP contribution in [0.1, 0.15) is 49.0 Å². The minimum atomic E-state index is -0.0371. The van der Waals surface area contributed by atoms with Crippen LogP contribution in [-0.4, -0.2) is 48.1 Å². The zero-order valence-electron chi connectivity index (χ0n) is 17.2. The number of ether oxygens (including phenoxy) is 1. The van der Waals surface area contributed by atoms with Crippen LogP contribution in [0.2, 0.25) is 0 Å². The van der Waals surface area contributed by atoms with Crippen molar-refractivity contribution in [2.75, 3.05) is 13.1 Å². The maximum Gasteiger partial charge on any atom is 0.254 e. The fourth-order valence-corrected chi connectivity index (χ4v) is 5.32. The van der Waals surface area contributed by atoms with Crippen molar-refractivity contribution in [1.29, 1.82) is 0 Å². The molecule has 7 heteroatoms. The molecule has 0 aromatic heterocycles. The van der Waals surface area contributed by atoms with Crippen LogP contribution in [0.5, 0.6) is 0 Å². The maximum absolute atomic E-state index is 12.7. The van der Waals surface area contributed by atoms with Gasteiger partial charge in [0.15, 0.2) is 0 Å². The first-order valence-electron chi connectivity index (χ1n) is 10.5. The summed E-state index contributed by atoms with van der Waals surface area (Å²) in [5, 5.41) is 3.05. The average Bonchev–Trinajstić information content (AvgIpc) is 3.26. The van der Waals surface area contributed by atoms with Crippen LogP contribution in [0, 0.1) is 17.8 Å². The molecule has 3 aliphatic rings. The van der Waals surface area contributed by atoms with Gasteiger partial charge in [-0.25, -0.2) is 0 Å². The lowest BCUT2D eigenvalue weighted by Gasteiger charge is -2.35. The molecule has 0 radical (unpaired) electrons. The number of amides is 2. The first kappa shape index (κ1) is 22.1. The number of carbonyl (C=O) groups excluding carboxylic acids is 2. The predicted molar refractivity (Wildman–Crippen MR) is 114 cm³/mol. The smallest absolute Gasteiger partial charge is 0.254 e. The number of fused-ring (bicyclic) bond motifs is 2. The molecule has 2 aliphatic carbocycles. The molecule has 1 aliphatic heterocycles. The molecule has 29 heavy (non-hydrogen) atoms. The second kappa shape index (κ2) is 9.02. The molecule has 1 saturated heterocycles. The quantitative estimate of drug-likeness (QED) is 0.781. The van der Waals surface area contributed by atoms with E-state index in [1.165, 1.54) is 6.42 Å². The molecule has 2 bridgehead atoms. The van der Waals surface area contributed by atoms with E-state index < -0.39 is 0 Å². The van der Waals surface area contributed by atoms with Crippen molar-refractivity contribution in [3.63, 3.8) is 0 Å². The Morgan fingerprint density at radius 2 is 1.72 bits per heavy atom. The molecule has 6 nitrogen and oxygen atoms in total. The summed E-state index contributed by atoms with van der Waals surface area (Å²) in [6, 6.07) is 7.54. The Kier molecular flexibility index (Phi) is 6.87. The zero-order valence-corrected chi connectivity index (χ0v) is 18.0. The number of halogens is 1. The third kappa shape index (κ3) is 4.60. The molecule has 3 N–H and O–H groups in total. The zero-order chi connectivity index (χ0) is 19.8. The van der Waals surface area contributed by atoms with E-state index in [4.69, 9.17) is 10.5 Å². The summed E-state index contributed by atoms with van der Waals surface area (Å²) in [6.45, 7) is 5.68. The van der Waals surface area contributed by atoms with Crippen LogP contribution in [0.3, 0.4) is 0 Å². The summed E-state index contributed by atoms with van der Waals surface area (Å²) in [6.07, 6.45) is 3.52. The first-order chi connectivity index (χ1) is 13.4. The van der Waals surface area contributed by atoms with Gasteiger partial charge in [0.25, 0.3) is 5.91 Å². The van der Waals surface area contributed by atoms with E-state index in [9.17, 15) is 9.59 Å². The van der Waals surface area contributed by atoms with Crippen LogP contribution in [0.25, 0.3) is 0 Å². The van der Waals surface area contributed by atoms with Crippen LogP contribution in [-0.2, 0) is 16.1 Å². The van der Waals surface area contributed by atoms with Gasteiger partial charge in [-0.05, 0) is 62.6 Å². The standard InChI is InChI=1S/C22H31N3O3.ClH/c1-13-11-25(12-14(2)28-13)22(27)16-5-3-15(4-6-16)10-24-21(26)19-17-7-8-18(9-17)20(19)23;/h3-6,13-14,17-20H,7-12,23H2,1-2H3,(H,24,26);1H. The number of hydrogen-bond donors (Lipinski definition) is 2. The second-order valence-corrected chi connectivity index (χ2v) is 8.82. The van der Waals surface area contributed by atoms with Crippen molar-refractivity contribution in [1.82, 2.24) is 10.2 Å². The molecule has 160 valence electrons. The lowest BCUT2D eigenvalue weighted by Crippen LogP contribution is -2.48. The molecule has 6 unspecified atom stereocenters. The highest BCUT2D eigenvalue weighted by Gasteiger charge is 2.48. The average molecular weight is 422 g/mol. The molecular formula is C22H32ClN3O3. The summed E-state index contributed by atoms with van der Waals surface area (Å²) in [5.41, 5.74) is 7.93. The number of benzene rings is 1. The Balaban J connectivity index is 0.00000240. The molecule has 0 spiro atoms. The van der Waals surface area contributed by atoms with Gasteiger partial charge < -0.3 is 20.7 Å². The van der Waals surface area contributed by atoms with E-state index in [1.54, 1.807) is 0 Å². The van der Waals surface area contributed by atoms with Crippen LogP contribution in [0.15, 0.2) is 24.3 Å². The number of nitrogens with two attached hydrogens (primary N) is 1. The van der Waals surface area contributed by atoms with E-state index in [0.29, 0.717) is 37.0 Å². The number of nitrogens with zero attached hydrogens (tertiary/aromatic N) is 1. The molecule has 1 heterocycles. The molecule has 1 aromatic rings. The van der Waals surface area contributed by atoms with Crippen LogP contribution < -0.4 is 11.1 Å². The number of hydrogen-bond acceptors (Lipinski definition) is 4. The lowest BCUT2D eigenvalue weighted by molar-refractivity contribution is -0.127. The highest BCUT2D eigenvalue weighted by molar-refractivity contribution is 5.94. The van der Waals surface area contributed by atoms with E-state index in [2.05, 4.69) is 5.32 Å². The largest absolute Gasteiger partial charge is 0.372 e. The first-order valence-corrected chi connectivity index (χ1v) is 10.5. The van der Waals surface area contributed by atoms with Gasteiger partial charge in [-0.15, -0.1) is 12.4 Å². The van der Waals surface area contributed by atoms with Crippen molar-refractivity contribution < 1.29 is 14.3 Å². The minimum Gasteiger partial charge on any atom is -0.372 e. The molecule has 2 amide bonds. The van der Waals surface area contributed by atoms with Gasteiger partial charge in [0, 0.05) is 31.2 Å². The Morgan fingerprint density at radius 1 is 1.10 bits per heavy atom. The number of rotatable bonds is 4. The van der Waals surface area contributed by atoms with Crippen LogP contribution in [0.4, 0.5) is 0 Å². The monoisotopic (exact) mass is 421 g/mol. The normalized spacial score (nSPS) is 33.3. The van der Waals surface area contributed by atoms with Crippen LogP contribution >= 0.6 is 12.4 Å². The topological polar surface area (TPSA) is 84.7 Å². The second-order valence-electron chi connectivity index (χ2n) is 8.82. The van der Waals surface area contributed by atoms with E-state index in [1.807, 2.05) is 43.0 Å². The van der Waals surface area contributed by atoms with Gasteiger partial charge >= 0.3 is 0 Å². The van der Waals surface area contributed by atoms with Gasteiger partial charge in [-0.1, -0.05) is 12.1 Å². The van der Waals surface area contributed by atoms with E-state index in [-0.39, 0.29) is 48.4 Å². The number of morpholine rings is 1. The Labute approximate surface area is 178 Å². The molecular weight excluding hydrogens is 390 g/mol. The van der Waals surface area contributed by atoms with E-state index >= 15 is 0 Å². The van der Waals surface area contributed by atoms with E-state index in [0.717, 1.165) is 18.4 Å². The van der Waals surface area contributed by atoms with Gasteiger partial charge in [0.2, 0.25) is 5.91 Å². The molecule has 4 rings (SSSR count). The van der Waals surface area contributed by atoms with Crippen molar-refractivity contribution in [2.45, 2.75) is 57.9 Å². The molecule has 3 fully saturated rings. The highest BCUT2D eigenvalue weighted by Crippen LogP contribution is 2.47. The number of carbonyl (C=O) groups is 2. The van der Waals surface area contributed by atoms with Crippen molar-refractivity contribution >= 4 is 24.2 Å². The van der Waals surface area contributed by atoms with Gasteiger partial charge in [0.05, 0.1) is 18.1 Å². The van der Waals surface area contributed by atoms with Crippen molar-refractivity contribution in [2.24, 2.45) is 23.5 Å². The Bertz CT molecular complexity index is 729. The van der Waals surface area contributed by atoms with Gasteiger partial charge in [-0.3, -0.25) is 9.59 Å². The molecule has 1 aromatic carbocycles. The Morgan fingerprint density at radius 3 is 2.31 bits per heavy atom. The lowest BCUT2D eigenvalue weighted by atomic mass is 9.84. The fraction of sp³-hybridized carbons (Fsp3) is 0.636. The predicted octanol–water partition coefficient (Wildman–Crippen LogP) is 2.35. The van der Waals surface area contributed by atoms with Crippen molar-refractivity contribution in [3.8, 4) is 0 Å². The number of nitrogens with one attached hydrogen (secondary N) is 1. The summed E-state index contributed by atoms with van der Waals surface area (Å²) in [4.78, 5) is 27.2. The maximum atomic E-state index is 12.7. The third-order valence-electron chi connectivity index (χ3n) is 6.66. The Hall–Kier alpha value is -1.63. The van der Waals surface area contributed by atoms with Gasteiger partial charge in [0.1, 0.15) is 0 Å². The molecule has 6 atom stereocenters. The van der Waals surface area contributed by atoms with Gasteiger partial charge in [-0.2, -0.15) is 0 Å². The minimum absolute atomic E-state index is 0. The third-order valence-corrected chi connectivity index (χ3v) is 6.66. The summed E-state index contributed by atoms with van der Waals surface area (Å²) < 4.78 is 5.70.